The molecule has 1 fully saturated rings. The van der Waals surface area contributed by atoms with Crippen LogP contribution in [0.2, 0.25) is 0 Å². The lowest BCUT2D eigenvalue weighted by atomic mass is 10.0. The third kappa shape index (κ3) is 3.75. The second-order valence-corrected chi connectivity index (χ2v) is 7.36. The van der Waals surface area contributed by atoms with Crippen LogP contribution in [0.5, 0.6) is 11.5 Å². The molecule has 2 heterocycles. The van der Waals surface area contributed by atoms with Crippen LogP contribution in [0.25, 0.3) is 11.0 Å². The Morgan fingerprint density at radius 2 is 2.00 bits per heavy atom. The first-order valence-electron chi connectivity index (χ1n) is 10.3. The number of fused-ring (bicyclic) bond motifs is 1. The van der Waals surface area contributed by atoms with Crippen molar-refractivity contribution in [2.24, 2.45) is 0 Å². The van der Waals surface area contributed by atoms with Crippen LogP contribution in [-0.4, -0.2) is 38.2 Å². The van der Waals surface area contributed by atoms with E-state index in [2.05, 4.69) is 11.0 Å². The van der Waals surface area contributed by atoms with E-state index in [1.54, 1.807) is 21.1 Å². The minimum Gasteiger partial charge on any atom is -0.497 e. The minimum atomic E-state index is -0.415. The number of likely N-dealkylation sites (tertiary alicyclic amines) is 1. The van der Waals surface area contributed by atoms with Crippen LogP contribution in [0.1, 0.15) is 47.5 Å². The summed E-state index contributed by atoms with van der Waals surface area (Å²) in [7, 11) is 3.33. The highest BCUT2D eigenvalue weighted by atomic mass is 16.5. The number of methoxy groups -OCH3 is 2. The molecule has 1 aliphatic rings. The topological polar surface area (TPSA) is 61.1 Å². The third-order valence-electron chi connectivity index (χ3n) is 5.68. The lowest BCUT2D eigenvalue weighted by molar-refractivity contribution is 0.0489. The maximum absolute atomic E-state index is 12.6. The molecule has 0 spiro atoms. The van der Waals surface area contributed by atoms with Gasteiger partial charge in [-0.3, -0.25) is 4.90 Å². The van der Waals surface area contributed by atoms with Gasteiger partial charge in [-0.25, -0.2) is 4.79 Å². The number of benzene rings is 2. The number of para-hydroxylation sites is 1. The average molecular weight is 409 g/mol. The number of ether oxygens (including phenoxy) is 3. The molecule has 1 unspecified atom stereocenters. The summed E-state index contributed by atoms with van der Waals surface area (Å²) in [5.74, 6) is 1.46. The van der Waals surface area contributed by atoms with Crippen LogP contribution < -0.4 is 9.47 Å². The summed E-state index contributed by atoms with van der Waals surface area (Å²) in [5.41, 5.74) is 2.71. The summed E-state index contributed by atoms with van der Waals surface area (Å²) in [6, 6.07) is 13.9. The fourth-order valence-electron chi connectivity index (χ4n) is 4.28. The Labute approximate surface area is 176 Å². The summed E-state index contributed by atoms with van der Waals surface area (Å²) in [5, 5.41) is 0.952. The number of carbonyl (C=O) groups excluding carboxylic acids is 1. The number of hydrogen-bond acceptors (Lipinski definition) is 6. The van der Waals surface area contributed by atoms with Crippen molar-refractivity contribution in [2.45, 2.75) is 32.4 Å². The first-order valence-corrected chi connectivity index (χ1v) is 10.3. The first kappa shape index (κ1) is 20.3. The zero-order valence-electron chi connectivity index (χ0n) is 17.6. The van der Waals surface area contributed by atoms with Crippen LogP contribution in [-0.2, 0) is 11.3 Å². The van der Waals surface area contributed by atoms with Crippen molar-refractivity contribution < 1.29 is 23.4 Å². The maximum atomic E-state index is 12.6. The molecule has 0 radical (unpaired) electrons. The molecule has 1 aromatic heterocycles. The molecule has 0 aliphatic carbocycles. The summed E-state index contributed by atoms with van der Waals surface area (Å²) in [4.78, 5) is 14.9. The molecule has 30 heavy (non-hydrogen) atoms. The van der Waals surface area contributed by atoms with Crippen LogP contribution >= 0.6 is 0 Å². The third-order valence-corrected chi connectivity index (χ3v) is 5.68. The normalized spacial score (nSPS) is 16.7. The highest BCUT2D eigenvalue weighted by Gasteiger charge is 2.31. The van der Waals surface area contributed by atoms with E-state index >= 15 is 0 Å². The van der Waals surface area contributed by atoms with E-state index < -0.39 is 5.97 Å². The zero-order chi connectivity index (χ0) is 21.1. The predicted octanol–water partition coefficient (Wildman–Crippen LogP) is 4.96. The van der Waals surface area contributed by atoms with Crippen LogP contribution in [0.4, 0.5) is 0 Å². The van der Waals surface area contributed by atoms with E-state index in [1.807, 2.05) is 36.4 Å². The van der Waals surface area contributed by atoms with Crippen molar-refractivity contribution >= 4 is 16.9 Å². The van der Waals surface area contributed by atoms with Crippen molar-refractivity contribution in [1.82, 2.24) is 4.90 Å². The quantitative estimate of drug-likeness (QED) is 0.514. The molecular weight excluding hydrogens is 382 g/mol. The Morgan fingerprint density at radius 1 is 1.17 bits per heavy atom. The SMILES string of the molecule is CCOC(=O)c1oc2ccccc2c1CN1CCCC1c1ccc(OC)cc1OC. The average Bonchev–Trinajstić information content (AvgIpc) is 3.38. The van der Waals surface area contributed by atoms with Gasteiger partial charge in [0, 0.05) is 35.2 Å². The lowest BCUT2D eigenvalue weighted by Crippen LogP contribution is -2.24. The molecule has 3 aromatic rings. The largest absolute Gasteiger partial charge is 0.497 e. The van der Waals surface area contributed by atoms with Gasteiger partial charge in [-0.15, -0.1) is 0 Å². The number of furan rings is 1. The smallest absolute Gasteiger partial charge is 0.374 e. The van der Waals surface area contributed by atoms with Gasteiger partial charge in [0.25, 0.3) is 0 Å². The van der Waals surface area contributed by atoms with E-state index in [4.69, 9.17) is 18.6 Å². The Balaban J connectivity index is 1.70. The summed E-state index contributed by atoms with van der Waals surface area (Å²) in [6.45, 7) is 3.64. The molecule has 6 nitrogen and oxygen atoms in total. The molecule has 158 valence electrons. The van der Waals surface area contributed by atoms with Gasteiger partial charge in [-0.05, 0) is 38.4 Å². The summed E-state index contributed by atoms with van der Waals surface area (Å²) >= 11 is 0. The maximum Gasteiger partial charge on any atom is 0.374 e. The predicted molar refractivity (Wildman–Crippen MR) is 114 cm³/mol. The summed E-state index contributed by atoms with van der Waals surface area (Å²) < 4.78 is 22.1. The standard InChI is InChI=1S/C24H27NO5/c1-4-29-24(26)23-19(17-8-5-6-10-21(17)30-23)15-25-13-7-9-20(25)18-12-11-16(27-2)14-22(18)28-3/h5-6,8,10-12,14,20H,4,7,9,13,15H2,1-3H3. The molecular formula is C24H27NO5. The van der Waals surface area contributed by atoms with E-state index in [-0.39, 0.29) is 6.04 Å². The molecule has 4 rings (SSSR count). The lowest BCUT2D eigenvalue weighted by Gasteiger charge is -2.26. The van der Waals surface area contributed by atoms with Crippen molar-refractivity contribution in [2.75, 3.05) is 27.4 Å². The van der Waals surface area contributed by atoms with Crippen molar-refractivity contribution in [3.8, 4) is 11.5 Å². The Hall–Kier alpha value is -2.99. The van der Waals surface area contributed by atoms with Crippen molar-refractivity contribution in [3.63, 3.8) is 0 Å². The zero-order valence-corrected chi connectivity index (χ0v) is 17.6. The van der Waals surface area contributed by atoms with E-state index in [0.29, 0.717) is 24.5 Å². The minimum absolute atomic E-state index is 0.189. The van der Waals surface area contributed by atoms with Gasteiger partial charge in [0.05, 0.1) is 20.8 Å². The second kappa shape index (κ2) is 8.79. The van der Waals surface area contributed by atoms with Gasteiger partial charge in [0.2, 0.25) is 5.76 Å². The van der Waals surface area contributed by atoms with Gasteiger partial charge >= 0.3 is 5.97 Å². The Bertz CT molecular complexity index is 1040. The van der Waals surface area contributed by atoms with Crippen LogP contribution in [0.15, 0.2) is 46.9 Å². The van der Waals surface area contributed by atoms with E-state index in [0.717, 1.165) is 47.4 Å². The molecule has 0 amide bonds. The van der Waals surface area contributed by atoms with Gasteiger partial charge in [0.1, 0.15) is 17.1 Å². The molecule has 1 aliphatic heterocycles. The van der Waals surface area contributed by atoms with E-state index in [9.17, 15) is 4.79 Å². The highest BCUT2D eigenvalue weighted by Crippen LogP contribution is 2.40. The van der Waals surface area contributed by atoms with Crippen LogP contribution in [0.3, 0.4) is 0 Å². The number of hydrogen-bond donors (Lipinski definition) is 0. The van der Waals surface area contributed by atoms with Gasteiger partial charge in [-0.1, -0.05) is 24.3 Å². The molecule has 6 heteroatoms. The second-order valence-electron chi connectivity index (χ2n) is 7.36. The van der Waals surface area contributed by atoms with Gasteiger partial charge in [0.15, 0.2) is 0 Å². The highest BCUT2D eigenvalue weighted by molar-refractivity contribution is 5.96. The van der Waals surface area contributed by atoms with Crippen molar-refractivity contribution in [3.05, 3.63) is 59.4 Å². The Morgan fingerprint density at radius 3 is 2.77 bits per heavy atom. The van der Waals surface area contributed by atoms with Crippen molar-refractivity contribution in [1.29, 1.82) is 0 Å². The fourth-order valence-corrected chi connectivity index (χ4v) is 4.28. The number of nitrogens with zero attached hydrogens (tertiary/aromatic N) is 1. The van der Waals surface area contributed by atoms with Gasteiger partial charge < -0.3 is 18.6 Å². The molecule has 1 saturated heterocycles. The summed E-state index contributed by atoms with van der Waals surface area (Å²) in [6.07, 6.45) is 2.09. The molecule has 0 bridgehead atoms. The fraction of sp³-hybridized carbons (Fsp3) is 0.375. The number of carbonyl (C=O) groups is 1. The van der Waals surface area contributed by atoms with Gasteiger partial charge in [-0.2, -0.15) is 0 Å². The van der Waals surface area contributed by atoms with E-state index in [1.165, 1.54) is 0 Å². The first-order chi connectivity index (χ1) is 14.7. The monoisotopic (exact) mass is 409 g/mol. The Kier molecular flexibility index (Phi) is 5.95. The molecule has 0 N–H and O–H groups in total. The number of esters is 1. The molecule has 2 aromatic carbocycles. The molecule has 1 atom stereocenters. The number of rotatable bonds is 7. The van der Waals surface area contributed by atoms with Crippen LogP contribution in [0, 0.1) is 0 Å². The molecule has 0 saturated carbocycles.